The Morgan fingerprint density at radius 2 is 1.81 bits per heavy atom. The van der Waals surface area contributed by atoms with Crippen LogP contribution in [0.15, 0.2) is 65.9 Å². The van der Waals surface area contributed by atoms with Crippen molar-refractivity contribution in [2.24, 2.45) is 0 Å². The molecule has 0 unspecified atom stereocenters. The molecule has 32 heavy (non-hydrogen) atoms. The summed E-state index contributed by atoms with van der Waals surface area (Å²) in [4.78, 5) is 39.3. The number of nitrogens with zero attached hydrogens (tertiary/aromatic N) is 1. The number of esters is 1. The zero-order valence-corrected chi connectivity index (χ0v) is 19.1. The highest BCUT2D eigenvalue weighted by Crippen LogP contribution is 2.32. The number of benzene rings is 2. The first-order valence-corrected chi connectivity index (χ1v) is 10.7. The Balaban J connectivity index is 1.89. The zero-order chi connectivity index (χ0) is 23.4. The average Bonchev–Trinajstić information content (AvgIpc) is 2.76. The molecule has 1 heterocycles. The van der Waals surface area contributed by atoms with Crippen molar-refractivity contribution in [3.8, 4) is 0 Å². The second kappa shape index (κ2) is 9.87. The molecule has 0 aromatic heterocycles. The minimum atomic E-state index is -0.860. The third kappa shape index (κ3) is 5.11. The van der Waals surface area contributed by atoms with Crippen LogP contribution in [0.25, 0.3) is 0 Å². The fourth-order valence-corrected chi connectivity index (χ4v) is 3.60. The molecule has 1 aliphatic rings. The smallest absolute Gasteiger partial charge is 0.338 e. The van der Waals surface area contributed by atoms with Gasteiger partial charge in [-0.1, -0.05) is 42.5 Å². The molecule has 2 atom stereocenters. The Bertz CT molecular complexity index is 1050. The minimum absolute atomic E-state index is 0.310. The van der Waals surface area contributed by atoms with Gasteiger partial charge in [0.25, 0.3) is 0 Å². The summed E-state index contributed by atoms with van der Waals surface area (Å²) >= 11 is 6.32. The standard InChI is InChI=1S/C24H26ClN3O4/c1-14(2)32-23(30)19-15(3)28(4)24(31)27-21(19)17-11-8-12-18(13-17)26-22(29)20(25)16-9-6-5-7-10-16/h5-14,20-21H,1-4H3,(H,26,29)(H,27,31)/t20-,21-/m1/s1. The number of ether oxygens (including phenoxy) is 1. The van der Waals surface area contributed by atoms with Crippen molar-refractivity contribution in [3.63, 3.8) is 0 Å². The number of carbonyl (C=O) groups is 3. The molecule has 168 valence electrons. The van der Waals surface area contributed by atoms with Gasteiger partial charge < -0.3 is 20.3 Å². The highest BCUT2D eigenvalue weighted by Gasteiger charge is 2.35. The minimum Gasteiger partial charge on any atom is -0.459 e. The Morgan fingerprint density at radius 1 is 1.12 bits per heavy atom. The number of hydrogen-bond acceptors (Lipinski definition) is 4. The van der Waals surface area contributed by atoms with Crippen LogP contribution in [0, 0.1) is 0 Å². The van der Waals surface area contributed by atoms with Gasteiger partial charge in [0, 0.05) is 18.4 Å². The van der Waals surface area contributed by atoms with Gasteiger partial charge in [-0.05, 0) is 44.0 Å². The molecular formula is C24H26ClN3O4. The Kier molecular flexibility index (Phi) is 7.20. The summed E-state index contributed by atoms with van der Waals surface area (Å²) in [5, 5.41) is 4.78. The SMILES string of the molecule is CC1=C(C(=O)OC(C)C)[C@@H](c2cccc(NC(=O)[C@H](Cl)c3ccccc3)c2)NC(=O)N1C. The Morgan fingerprint density at radius 3 is 2.47 bits per heavy atom. The quantitative estimate of drug-likeness (QED) is 0.495. The number of alkyl halides is 1. The van der Waals surface area contributed by atoms with Gasteiger partial charge in [0.15, 0.2) is 0 Å². The van der Waals surface area contributed by atoms with E-state index in [9.17, 15) is 14.4 Å². The van der Waals surface area contributed by atoms with Crippen molar-refractivity contribution in [2.75, 3.05) is 12.4 Å². The van der Waals surface area contributed by atoms with Crippen LogP contribution < -0.4 is 10.6 Å². The lowest BCUT2D eigenvalue weighted by atomic mass is 9.94. The van der Waals surface area contributed by atoms with E-state index in [2.05, 4.69) is 10.6 Å². The molecule has 2 aromatic carbocycles. The number of hydrogen-bond donors (Lipinski definition) is 2. The second-order valence-corrected chi connectivity index (χ2v) is 8.22. The molecular weight excluding hydrogens is 430 g/mol. The van der Waals surface area contributed by atoms with Crippen LogP contribution in [0.1, 0.15) is 43.3 Å². The number of urea groups is 1. The van der Waals surface area contributed by atoms with E-state index in [4.69, 9.17) is 16.3 Å². The van der Waals surface area contributed by atoms with Crippen molar-refractivity contribution in [3.05, 3.63) is 77.0 Å². The summed E-state index contributed by atoms with van der Waals surface area (Å²) in [5.41, 5.74) is 2.65. The van der Waals surface area contributed by atoms with Gasteiger partial charge in [0.2, 0.25) is 5.91 Å². The van der Waals surface area contributed by atoms with Crippen LogP contribution in [0.3, 0.4) is 0 Å². The van der Waals surface area contributed by atoms with Crippen LogP contribution in [0.4, 0.5) is 10.5 Å². The summed E-state index contributed by atoms with van der Waals surface area (Å²) < 4.78 is 5.41. The van der Waals surface area contributed by atoms with Crippen molar-refractivity contribution in [2.45, 2.75) is 38.3 Å². The Labute approximate surface area is 192 Å². The number of rotatable bonds is 6. The summed E-state index contributed by atoms with van der Waals surface area (Å²) in [5.74, 6) is -0.887. The van der Waals surface area contributed by atoms with Gasteiger partial charge in [-0.15, -0.1) is 11.6 Å². The van der Waals surface area contributed by atoms with Crippen LogP contribution in [-0.2, 0) is 14.3 Å². The maximum absolute atomic E-state index is 12.8. The fraction of sp³-hybridized carbons (Fsp3) is 0.292. The first kappa shape index (κ1) is 23.3. The van der Waals surface area contributed by atoms with Crippen LogP contribution in [0.2, 0.25) is 0 Å². The highest BCUT2D eigenvalue weighted by atomic mass is 35.5. The summed E-state index contributed by atoms with van der Waals surface area (Å²) in [7, 11) is 1.59. The molecule has 0 fully saturated rings. The molecule has 0 saturated heterocycles. The molecule has 0 radical (unpaired) electrons. The lowest BCUT2D eigenvalue weighted by Gasteiger charge is -2.33. The molecule has 3 amide bonds. The van der Waals surface area contributed by atoms with Crippen molar-refractivity contribution >= 4 is 35.2 Å². The van der Waals surface area contributed by atoms with Crippen LogP contribution >= 0.6 is 11.6 Å². The molecule has 2 aromatic rings. The van der Waals surface area contributed by atoms with E-state index >= 15 is 0 Å². The van der Waals surface area contributed by atoms with Gasteiger partial charge in [0.1, 0.15) is 5.38 Å². The van der Waals surface area contributed by atoms with E-state index in [0.29, 0.717) is 28.1 Å². The van der Waals surface area contributed by atoms with E-state index in [1.807, 2.05) is 18.2 Å². The maximum Gasteiger partial charge on any atom is 0.338 e. The number of carbonyl (C=O) groups excluding carboxylic acids is 3. The Hall–Kier alpha value is -3.32. The maximum atomic E-state index is 12.8. The van der Waals surface area contributed by atoms with E-state index in [1.54, 1.807) is 64.2 Å². The van der Waals surface area contributed by atoms with Gasteiger partial charge in [-0.2, -0.15) is 0 Å². The largest absolute Gasteiger partial charge is 0.459 e. The molecule has 0 spiro atoms. The average molecular weight is 456 g/mol. The van der Waals surface area contributed by atoms with Crippen molar-refractivity contribution in [1.82, 2.24) is 10.2 Å². The first-order chi connectivity index (χ1) is 15.2. The van der Waals surface area contributed by atoms with E-state index < -0.39 is 17.4 Å². The molecule has 7 nitrogen and oxygen atoms in total. The molecule has 0 aliphatic carbocycles. The van der Waals surface area contributed by atoms with E-state index in [0.717, 1.165) is 0 Å². The zero-order valence-electron chi connectivity index (χ0n) is 18.4. The summed E-state index contributed by atoms with van der Waals surface area (Å²) in [6, 6.07) is 14.9. The number of halogens is 1. The number of amides is 3. The number of nitrogens with one attached hydrogen (secondary N) is 2. The monoisotopic (exact) mass is 455 g/mol. The predicted molar refractivity (Wildman–Crippen MR) is 123 cm³/mol. The van der Waals surface area contributed by atoms with E-state index in [1.165, 1.54) is 4.90 Å². The molecule has 1 aliphatic heterocycles. The van der Waals surface area contributed by atoms with Gasteiger partial charge in [0.05, 0.1) is 17.7 Å². The highest BCUT2D eigenvalue weighted by molar-refractivity contribution is 6.32. The molecule has 2 N–H and O–H groups in total. The summed E-state index contributed by atoms with van der Waals surface area (Å²) in [6.07, 6.45) is -0.310. The predicted octanol–water partition coefficient (Wildman–Crippen LogP) is 4.53. The van der Waals surface area contributed by atoms with Crippen molar-refractivity contribution in [1.29, 1.82) is 0 Å². The molecule has 0 saturated carbocycles. The lowest BCUT2D eigenvalue weighted by molar-refractivity contribution is -0.143. The first-order valence-electron chi connectivity index (χ1n) is 10.2. The third-order valence-corrected chi connectivity index (χ3v) is 5.58. The third-order valence-electron chi connectivity index (χ3n) is 5.13. The second-order valence-electron chi connectivity index (χ2n) is 7.78. The van der Waals surface area contributed by atoms with Crippen molar-refractivity contribution < 1.29 is 19.1 Å². The van der Waals surface area contributed by atoms with E-state index in [-0.39, 0.29) is 18.0 Å². The van der Waals surface area contributed by atoms with Gasteiger partial charge in [-0.25, -0.2) is 9.59 Å². The number of allylic oxidation sites excluding steroid dienone is 1. The molecule has 3 rings (SSSR count). The number of anilines is 1. The molecule has 0 bridgehead atoms. The van der Waals surface area contributed by atoms with Crippen LogP contribution in [0.5, 0.6) is 0 Å². The topological polar surface area (TPSA) is 87.7 Å². The molecule has 8 heteroatoms. The van der Waals surface area contributed by atoms with Gasteiger partial charge >= 0.3 is 12.0 Å². The lowest BCUT2D eigenvalue weighted by Crippen LogP contribution is -2.46. The van der Waals surface area contributed by atoms with Gasteiger partial charge in [-0.3, -0.25) is 4.79 Å². The summed E-state index contributed by atoms with van der Waals surface area (Å²) in [6.45, 7) is 5.23. The normalized spacial score (nSPS) is 17.1. The fourth-order valence-electron chi connectivity index (χ4n) is 3.40. The van der Waals surface area contributed by atoms with Crippen LogP contribution in [-0.4, -0.2) is 36.0 Å².